The summed E-state index contributed by atoms with van der Waals surface area (Å²) in [6.45, 7) is 4.39. The molecule has 1 fully saturated rings. The molecular weight excluding hydrogens is 414 g/mol. The highest BCUT2D eigenvalue weighted by Gasteiger charge is 2.26. The van der Waals surface area contributed by atoms with Crippen LogP contribution in [0.3, 0.4) is 0 Å². The van der Waals surface area contributed by atoms with E-state index >= 15 is 0 Å². The third kappa shape index (κ3) is 4.19. The van der Waals surface area contributed by atoms with Gasteiger partial charge in [-0.15, -0.1) is 0 Å². The van der Waals surface area contributed by atoms with Crippen LogP contribution in [0.4, 0.5) is 5.95 Å². The fourth-order valence-corrected chi connectivity index (χ4v) is 5.27. The van der Waals surface area contributed by atoms with E-state index in [0.717, 1.165) is 15.7 Å². The van der Waals surface area contributed by atoms with Crippen molar-refractivity contribution in [2.24, 2.45) is 5.73 Å². The van der Waals surface area contributed by atoms with Crippen LogP contribution in [-0.4, -0.2) is 63.0 Å². The topological polar surface area (TPSA) is 102 Å². The SMILES string of the molecule is C=S(=O)(c1ccc2ccccc2c1)N1CCN(c2ncc(C(N)=O)c(OCC)n2)CC1. The first kappa shape index (κ1) is 21.1. The molecule has 4 rings (SSSR count). The summed E-state index contributed by atoms with van der Waals surface area (Å²) in [5.41, 5.74) is 5.53. The Kier molecular flexibility index (Phi) is 5.79. The van der Waals surface area contributed by atoms with E-state index in [-0.39, 0.29) is 11.4 Å². The number of amides is 1. The van der Waals surface area contributed by atoms with E-state index in [1.54, 1.807) is 0 Å². The second-order valence-corrected chi connectivity index (χ2v) is 9.52. The van der Waals surface area contributed by atoms with Crippen molar-refractivity contribution in [3.8, 4) is 5.88 Å². The second kappa shape index (κ2) is 8.52. The van der Waals surface area contributed by atoms with Crippen molar-refractivity contribution in [1.29, 1.82) is 0 Å². The molecule has 2 heterocycles. The van der Waals surface area contributed by atoms with E-state index in [0.29, 0.717) is 38.7 Å². The molecule has 1 aromatic heterocycles. The normalized spacial score (nSPS) is 16.7. The molecule has 2 N–H and O–H groups in total. The molecule has 1 aliphatic rings. The Bertz CT molecular complexity index is 1220. The lowest BCUT2D eigenvalue weighted by atomic mass is 10.1. The third-order valence-corrected chi connectivity index (χ3v) is 7.51. The minimum Gasteiger partial charge on any atom is -0.477 e. The van der Waals surface area contributed by atoms with Crippen molar-refractivity contribution in [2.75, 3.05) is 37.7 Å². The number of carbonyl (C=O) groups is 1. The molecule has 1 atom stereocenters. The summed E-state index contributed by atoms with van der Waals surface area (Å²) in [6, 6.07) is 13.8. The van der Waals surface area contributed by atoms with Gasteiger partial charge in [-0.3, -0.25) is 4.79 Å². The maximum absolute atomic E-state index is 13.6. The van der Waals surface area contributed by atoms with Crippen molar-refractivity contribution in [1.82, 2.24) is 14.3 Å². The lowest BCUT2D eigenvalue weighted by Gasteiger charge is -2.36. The average molecular weight is 440 g/mol. The first-order valence-electron chi connectivity index (χ1n) is 10.1. The van der Waals surface area contributed by atoms with Gasteiger partial charge < -0.3 is 15.4 Å². The van der Waals surface area contributed by atoms with Crippen LogP contribution in [0.5, 0.6) is 5.88 Å². The molecule has 31 heavy (non-hydrogen) atoms. The zero-order valence-electron chi connectivity index (χ0n) is 17.4. The van der Waals surface area contributed by atoms with Crippen LogP contribution >= 0.6 is 0 Å². The summed E-state index contributed by atoms with van der Waals surface area (Å²) < 4.78 is 20.9. The molecule has 9 heteroatoms. The minimum absolute atomic E-state index is 0.154. The summed E-state index contributed by atoms with van der Waals surface area (Å²) in [5.74, 6) is 4.07. The van der Waals surface area contributed by atoms with Crippen molar-refractivity contribution < 1.29 is 13.7 Å². The number of piperazine rings is 1. The molecule has 1 amide bonds. The van der Waals surface area contributed by atoms with Crippen molar-refractivity contribution in [2.45, 2.75) is 11.8 Å². The lowest BCUT2D eigenvalue weighted by Crippen LogP contribution is -2.49. The fourth-order valence-electron chi connectivity index (χ4n) is 3.62. The van der Waals surface area contributed by atoms with Crippen LogP contribution < -0.4 is 15.4 Å². The quantitative estimate of drug-likeness (QED) is 0.589. The van der Waals surface area contributed by atoms with Gasteiger partial charge in [0.15, 0.2) is 0 Å². The molecule has 0 radical (unpaired) electrons. The number of carbonyl (C=O) groups excluding carboxylic acids is 1. The average Bonchev–Trinajstić information content (AvgIpc) is 2.79. The smallest absolute Gasteiger partial charge is 0.255 e. The lowest BCUT2D eigenvalue weighted by molar-refractivity contribution is 0.0995. The molecule has 8 nitrogen and oxygen atoms in total. The summed E-state index contributed by atoms with van der Waals surface area (Å²) >= 11 is 0. The van der Waals surface area contributed by atoms with E-state index < -0.39 is 15.6 Å². The van der Waals surface area contributed by atoms with Gasteiger partial charge in [0.1, 0.15) is 5.56 Å². The Labute approximate surface area is 181 Å². The summed E-state index contributed by atoms with van der Waals surface area (Å²) in [5, 5.41) is 2.15. The van der Waals surface area contributed by atoms with Crippen LogP contribution in [0.2, 0.25) is 0 Å². The van der Waals surface area contributed by atoms with Gasteiger partial charge in [0.2, 0.25) is 11.8 Å². The number of benzene rings is 2. The maximum atomic E-state index is 13.6. The predicted octanol–water partition coefficient (Wildman–Crippen LogP) is 1.94. The van der Waals surface area contributed by atoms with Crippen molar-refractivity contribution in [3.05, 3.63) is 54.2 Å². The second-order valence-electron chi connectivity index (χ2n) is 7.25. The standard InChI is InChI=1S/C22H25N5O3S/c1-3-30-21-19(20(23)28)15-24-22(25-21)26-10-12-27(13-11-26)31(2,29)18-9-8-16-6-4-5-7-17(16)14-18/h4-9,14-15H,2-3,10-13H2,1H3,(H2,23,28). The number of ether oxygens (including phenoxy) is 1. The molecule has 1 aliphatic heterocycles. The van der Waals surface area contributed by atoms with Crippen LogP contribution in [0, 0.1) is 0 Å². The number of hydrogen-bond donors (Lipinski definition) is 1. The predicted molar refractivity (Wildman–Crippen MR) is 123 cm³/mol. The number of fused-ring (bicyclic) bond motifs is 1. The van der Waals surface area contributed by atoms with Gasteiger partial charge in [0.25, 0.3) is 5.91 Å². The number of aromatic nitrogens is 2. The first-order valence-corrected chi connectivity index (χ1v) is 11.7. The Morgan fingerprint density at radius 3 is 2.55 bits per heavy atom. The Hall–Kier alpha value is -3.17. The highest BCUT2D eigenvalue weighted by atomic mass is 32.2. The molecule has 162 valence electrons. The Morgan fingerprint density at radius 2 is 1.87 bits per heavy atom. The number of anilines is 1. The van der Waals surface area contributed by atoms with E-state index in [4.69, 9.17) is 10.5 Å². The van der Waals surface area contributed by atoms with E-state index in [9.17, 15) is 9.00 Å². The van der Waals surface area contributed by atoms with E-state index in [2.05, 4.69) is 15.8 Å². The van der Waals surface area contributed by atoms with Crippen LogP contribution in [0.25, 0.3) is 10.8 Å². The molecule has 2 aromatic carbocycles. The summed E-state index contributed by atoms with van der Waals surface area (Å²) in [4.78, 5) is 22.9. The monoisotopic (exact) mass is 439 g/mol. The van der Waals surface area contributed by atoms with Gasteiger partial charge in [0, 0.05) is 37.3 Å². The highest BCUT2D eigenvalue weighted by Crippen LogP contribution is 2.24. The number of primary amides is 1. The number of nitrogens with two attached hydrogens (primary N) is 1. The largest absolute Gasteiger partial charge is 0.477 e. The van der Waals surface area contributed by atoms with Gasteiger partial charge in [-0.05, 0) is 35.7 Å². The summed E-state index contributed by atoms with van der Waals surface area (Å²) in [7, 11) is -2.61. The third-order valence-electron chi connectivity index (χ3n) is 5.32. The molecule has 3 aromatic rings. The molecule has 1 unspecified atom stereocenters. The van der Waals surface area contributed by atoms with Gasteiger partial charge in [-0.2, -0.15) is 4.98 Å². The summed E-state index contributed by atoms with van der Waals surface area (Å²) in [6.07, 6.45) is 1.39. The van der Waals surface area contributed by atoms with Gasteiger partial charge in [-0.25, -0.2) is 13.5 Å². The van der Waals surface area contributed by atoms with Crippen LogP contribution in [0.1, 0.15) is 17.3 Å². The zero-order valence-corrected chi connectivity index (χ0v) is 18.2. The van der Waals surface area contributed by atoms with E-state index in [1.807, 2.05) is 58.6 Å². The molecule has 0 aliphatic carbocycles. The Morgan fingerprint density at radius 1 is 1.16 bits per heavy atom. The molecular formula is C22H25N5O3S. The number of hydrogen-bond acceptors (Lipinski definition) is 6. The minimum atomic E-state index is -2.61. The molecule has 0 bridgehead atoms. The van der Waals surface area contributed by atoms with Crippen molar-refractivity contribution >= 4 is 38.2 Å². The first-order chi connectivity index (χ1) is 14.9. The van der Waals surface area contributed by atoms with Crippen LogP contribution in [0.15, 0.2) is 53.6 Å². The maximum Gasteiger partial charge on any atom is 0.255 e. The van der Waals surface area contributed by atoms with Gasteiger partial charge in [-0.1, -0.05) is 30.3 Å². The van der Waals surface area contributed by atoms with Gasteiger partial charge in [0.05, 0.1) is 16.3 Å². The number of rotatable bonds is 6. The molecule has 0 spiro atoms. The molecule has 1 saturated heterocycles. The Balaban J connectivity index is 1.51. The fraction of sp³-hybridized carbons (Fsp3) is 0.273. The van der Waals surface area contributed by atoms with Gasteiger partial charge >= 0.3 is 0 Å². The number of nitrogens with zero attached hydrogens (tertiary/aromatic N) is 4. The van der Waals surface area contributed by atoms with Crippen molar-refractivity contribution in [3.63, 3.8) is 0 Å². The van der Waals surface area contributed by atoms with Crippen LogP contribution in [-0.2, 0) is 9.71 Å². The molecule has 0 saturated carbocycles. The zero-order chi connectivity index (χ0) is 22.0. The highest BCUT2D eigenvalue weighted by molar-refractivity contribution is 7.98. The van der Waals surface area contributed by atoms with E-state index in [1.165, 1.54) is 6.20 Å².